The van der Waals surface area contributed by atoms with E-state index in [4.69, 9.17) is 4.74 Å². The molecule has 1 amide bonds. The molecule has 2 aromatic carbocycles. The van der Waals surface area contributed by atoms with E-state index in [2.05, 4.69) is 25.7 Å². The molecule has 30 heavy (non-hydrogen) atoms. The maximum Gasteiger partial charge on any atom is 0.328 e. The molecule has 9 heteroatoms. The molecule has 0 aliphatic carbocycles. The number of carbonyl (C=O) groups is 2. The van der Waals surface area contributed by atoms with E-state index in [0.717, 1.165) is 22.0 Å². The molecule has 2 heterocycles. The second-order valence-corrected chi connectivity index (χ2v) is 6.72. The molecule has 0 aliphatic heterocycles. The van der Waals surface area contributed by atoms with Gasteiger partial charge in [0.05, 0.1) is 7.11 Å². The molecule has 0 aliphatic rings. The first-order valence-electron chi connectivity index (χ1n) is 9.39. The van der Waals surface area contributed by atoms with Crippen molar-refractivity contribution in [1.29, 1.82) is 0 Å². The highest BCUT2D eigenvalue weighted by Gasteiger charge is 2.24. The summed E-state index contributed by atoms with van der Waals surface area (Å²) >= 11 is 0. The van der Waals surface area contributed by atoms with Crippen LogP contribution in [0, 0.1) is 0 Å². The number of tetrazole rings is 1. The highest BCUT2D eigenvalue weighted by molar-refractivity contribution is 5.87. The van der Waals surface area contributed by atoms with Gasteiger partial charge in [-0.1, -0.05) is 48.5 Å². The van der Waals surface area contributed by atoms with Crippen LogP contribution in [-0.2, 0) is 27.3 Å². The van der Waals surface area contributed by atoms with Crippen molar-refractivity contribution in [2.45, 2.75) is 19.0 Å². The number of methoxy groups -OCH3 is 1. The Bertz CT molecular complexity index is 1170. The number of aromatic nitrogens is 5. The molecule has 9 nitrogen and oxygen atoms in total. The van der Waals surface area contributed by atoms with Gasteiger partial charge in [-0.15, -0.1) is 10.2 Å². The number of hydrogen-bond donors (Lipinski definition) is 2. The van der Waals surface area contributed by atoms with Gasteiger partial charge in [0.15, 0.2) is 0 Å². The SMILES string of the molecule is COC(=O)[C@H](Cc1c[nH]c2ccccc12)NC(=O)Cn1nnc(-c2ccccc2)n1. The minimum atomic E-state index is -0.834. The summed E-state index contributed by atoms with van der Waals surface area (Å²) in [7, 11) is 1.29. The van der Waals surface area contributed by atoms with Crippen molar-refractivity contribution in [2.75, 3.05) is 7.11 Å². The Balaban J connectivity index is 1.45. The van der Waals surface area contributed by atoms with Crippen molar-refractivity contribution >= 4 is 22.8 Å². The number of H-pyrrole nitrogens is 1. The van der Waals surface area contributed by atoms with E-state index >= 15 is 0 Å². The van der Waals surface area contributed by atoms with Gasteiger partial charge in [-0.05, 0) is 16.8 Å². The maximum absolute atomic E-state index is 12.5. The van der Waals surface area contributed by atoms with Crippen molar-refractivity contribution in [3.8, 4) is 11.4 Å². The molecule has 0 unspecified atom stereocenters. The van der Waals surface area contributed by atoms with Gasteiger partial charge in [0.1, 0.15) is 12.6 Å². The summed E-state index contributed by atoms with van der Waals surface area (Å²) in [6, 6.07) is 16.3. The van der Waals surface area contributed by atoms with Crippen LogP contribution in [0.2, 0.25) is 0 Å². The fourth-order valence-corrected chi connectivity index (χ4v) is 3.24. The van der Waals surface area contributed by atoms with Gasteiger partial charge in [0.2, 0.25) is 11.7 Å². The lowest BCUT2D eigenvalue weighted by Crippen LogP contribution is -2.44. The number of benzene rings is 2. The number of ether oxygens (including phenoxy) is 1. The number of esters is 1. The average molecular weight is 404 g/mol. The molecule has 4 aromatic rings. The standard InChI is InChI=1S/C21H20N6O3/c1-30-21(29)18(11-15-12-22-17-10-6-5-9-16(15)17)23-19(28)13-27-25-20(24-26-27)14-7-3-2-4-8-14/h2-10,12,18,22H,11,13H2,1H3,(H,23,28)/t18-/m0/s1. The molecule has 0 spiro atoms. The summed E-state index contributed by atoms with van der Waals surface area (Å²) in [5, 5.41) is 15.8. The Labute approximate surface area is 172 Å². The van der Waals surface area contributed by atoms with Gasteiger partial charge in [0.25, 0.3) is 0 Å². The second kappa shape index (κ2) is 8.56. The molecule has 4 rings (SSSR count). The highest BCUT2D eigenvalue weighted by Crippen LogP contribution is 2.19. The van der Waals surface area contributed by atoms with Crippen molar-refractivity contribution in [3.05, 3.63) is 66.4 Å². The minimum Gasteiger partial charge on any atom is -0.467 e. The smallest absolute Gasteiger partial charge is 0.328 e. The van der Waals surface area contributed by atoms with Gasteiger partial charge in [-0.3, -0.25) is 4.79 Å². The van der Waals surface area contributed by atoms with Crippen molar-refractivity contribution in [2.24, 2.45) is 0 Å². The van der Waals surface area contributed by atoms with Crippen LogP contribution in [0.3, 0.4) is 0 Å². The van der Waals surface area contributed by atoms with Crippen molar-refractivity contribution in [1.82, 2.24) is 30.5 Å². The van der Waals surface area contributed by atoms with Crippen LogP contribution in [0.5, 0.6) is 0 Å². The number of carbonyl (C=O) groups excluding carboxylic acids is 2. The van der Waals surface area contributed by atoms with Crippen molar-refractivity contribution in [3.63, 3.8) is 0 Å². The first-order chi connectivity index (χ1) is 14.6. The van der Waals surface area contributed by atoms with E-state index in [-0.39, 0.29) is 6.54 Å². The predicted octanol–water partition coefficient (Wildman–Crippen LogP) is 1.72. The molecule has 1 atom stereocenters. The topological polar surface area (TPSA) is 115 Å². The summed E-state index contributed by atoms with van der Waals surface area (Å²) in [6.45, 7) is -0.165. The van der Waals surface area contributed by atoms with Crippen LogP contribution in [0.1, 0.15) is 5.56 Å². The van der Waals surface area contributed by atoms with Gasteiger partial charge in [-0.25, -0.2) is 4.79 Å². The fourth-order valence-electron chi connectivity index (χ4n) is 3.24. The third-order valence-electron chi connectivity index (χ3n) is 4.69. The van der Waals surface area contributed by atoms with Crippen LogP contribution in [0.4, 0.5) is 0 Å². The molecule has 0 bridgehead atoms. The predicted molar refractivity (Wildman–Crippen MR) is 109 cm³/mol. The zero-order valence-electron chi connectivity index (χ0n) is 16.3. The first kappa shape index (κ1) is 19.3. The van der Waals surface area contributed by atoms with E-state index in [9.17, 15) is 9.59 Å². The first-order valence-corrected chi connectivity index (χ1v) is 9.39. The van der Waals surface area contributed by atoms with E-state index in [1.54, 1.807) is 0 Å². The lowest BCUT2D eigenvalue weighted by Gasteiger charge is -2.16. The Kier molecular flexibility index (Phi) is 5.51. The molecule has 152 valence electrons. The summed E-state index contributed by atoms with van der Waals surface area (Å²) in [6.07, 6.45) is 2.13. The third kappa shape index (κ3) is 4.19. The molecular weight excluding hydrogens is 384 g/mol. The minimum absolute atomic E-state index is 0.165. The molecule has 0 fully saturated rings. The lowest BCUT2D eigenvalue weighted by molar-refractivity contribution is -0.145. The number of para-hydroxylation sites is 1. The Morgan fingerprint density at radius 2 is 1.90 bits per heavy atom. The fraction of sp³-hybridized carbons (Fsp3) is 0.190. The average Bonchev–Trinajstić information content (AvgIpc) is 3.41. The number of rotatable bonds is 7. The number of nitrogens with one attached hydrogen (secondary N) is 2. The Morgan fingerprint density at radius 1 is 1.13 bits per heavy atom. The maximum atomic E-state index is 12.5. The third-order valence-corrected chi connectivity index (χ3v) is 4.69. The Morgan fingerprint density at radius 3 is 2.70 bits per heavy atom. The van der Waals surface area contributed by atoms with Crippen LogP contribution in [0.15, 0.2) is 60.8 Å². The van der Waals surface area contributed by atoms with Gasteiger partial charge < -0.3 is 15.0 Å². The number of hydrogen-bond acceptors (Lipinski definition) is 6. The molecule has 0 radical (unpaired) electrons. The van der Waals surface area contributed by atoms with E-state index in [0.29, 0.717) is 12.2 Å². The van der Waals surface area contributed by atoms with Crippen LogP contribution in [-0.4, -0.2) is 50.2 Å². The summed E-state index contributed by atoms with van der Waals surface area (Å²) in [4.78, 5) is 29.1. The molecule has 2 N–H and O–H groups in total. The zero-order valence-corrected chi connectivity index (χ0v) is 16.3. The summed E-state index contributed by atoms with van der Waals surface area (Å²) in [5.74, 6) is -0.515. The molecule has 2 aromatic heterocycles. The Hall–Kier alpha value is -4.01. The van der Waals surface area contributed by atoms with Crippen LogP contribution < -0.4 is 5.32 Å². The molecule has 0 saturated carbocycles. The second-order valence-electron chi connectivity index (χ2n) is 6.72. The summed E-state index contributed by atoms with van der Waals surface area (Å²) in [5.41, 5.74) is 2.67. The van der Waals surface area contributed by atoms with Crippen LogP contribution in [0.25, 0.3) is 22.3 Å². The highest BCUT2D eigenvalue weighted by atomic mass is 16.5. The van der Waals surface area contributed by atoms with Crippen LogP contribution >= 0.6 is 0 Å². The molecular formula is C21H20N6O3. The van der Waals surface area contributed by atoms with Crippen molar-refractivity contribution < 1.29 is 14.3 Å². The summed E-state index contributed by atoms with van der Waals surface area (Å²) < 4.78 is 4.87. The zero-order chi connectivity index (χ0) is 20.9. The lowest BCUT2D eigenvalue weighted by atomic mass is 10.0. The quantitative estimate of drug-likeness (QED) is 0.453. The molecule has 0 saturated heterocycles. The van der Waals surface area contributed by atoms with Gasteiger partial charge in [-0.2, -0.15) is 4.80 Å². The largest absolute Gasteiger partial charge is 0.467 e. The van der Waals surface area contributed by atoms with E-state index in [1.807, 2.05) is 60.8 Å². The monoisotopic (exact) mass is 404 g/mol. The number of fused-ring (bicyclic) bond motifs is 1. The normalized spacial score (nSPS) is 11.9. The number of aromatic amines is 1. The van der Waals surface area contributed by atoms with Gasteiger partial charge >= 0.3 is 5.97 Å². The number of nitrogens with zero attached hydrogens (tertiary/aromatic N) is 4. The van der Waals surface area contributed by atoms with E-state index in [1.165, 1.54) is 11.9 Å². The van der Waals surface area contributed by atoms with E-state index < -0.39 is 17.9 Å². The number of amides is 1. The van der Waals surface area contributed by atoms with Gasteiger partial charge in [0, 0.05) is 29.1 Å².